The van der Waals surface area contributed by atoms with Crippen LogP contribution in [-0.2, 0) is 5.33 Å². The van der Waals surface area contributed by atoms with Crippen molar-refractivity contribution in [1.29, 1.82) is 0 Å². The Kier molecular flexibility index (Phi) is 3.00. The molecule has 16 heavy (non-hydrogen) atoms. The number of rotatable bonds is 3. The number of carboxylic acid groups (broad SMARTS) is 1. The van der Waals surface area contributed by atoms with Gasteiger partial charge in [0.2, 0.25) is 5.76 Å². The Hall–Kier alpha value is -1.69. The van der Waals surface area contributed by atoms with E-state index in [-0.39, 0.29) is 5.76 Å². The predicted molar refractivity (Wildman–Crippen MR) is 59.3 cm³/mol. The van der Waals surface area contributed by atoms with Gasteiger partial charge in [0.1, 0.15) is 5.69 Å². The molecule has 0 saturated carbocycles. The highest BCUT2D eigenvalue weighted by Gasteiger charge is 2.21. The van der Waals surface area contributed by atoms with Crippen molar-refractivity contribution in [2.45, 2.75) is 5.33 Å². The number of hydrogen-bond donors (Lipinski definition) is 1. The lowest BCUT2D eigenvalue weighted by molar-refractivity contribution is 0.0651. The number of hydrogen-bond acceptors (Lipinski definition) is 4. The number of alkyl halides is 1. The minimum atomic E-state index is -1.12. The monoisotopic (exact) mass is 282 g/mol. The first-order valence-corrected chi connectivity index (χ1v) is 5.54. The highest BCUT2D eigenvalue weighted by molar-refractivity contribution is 9.08. The second-order valence-corrected chi connectivity index (χ2v) is 3.57. The van der Waals surface area contributed by atoms with Gasteiger partial charge in [0.05, 0.1) is 0 Å². The largest absolute Gasteiger partial charge is 0.475 e. The zero-order chi connectivity index (χ0) is 11.5. The maximum absolute atomic E-state index is 10.9. The molecule has 0 aliphatic heterocycles. The summed E-state index contributed by atoms with van der Waals surface area (Å²) in [5.74, 6) is -1.26. The molecule has 0 spiro atoms. The van der Waals surface area contributed by atoms with E-state index in [1.807, 2.05) is 0 Å². The third kappa shape index (κ3) is 1.83. The first-order chi connectivity index (χ1) is 7.74. The average molecular weight is 283 g/mol. The van der Waals surface area contributed by atoms with Crippen LogP contribution in [0.4, 0.5) is 0 Å². The summed E-state index contributed by atoms with van der Waals surface area (Å²) in [7, 11) is 0. The van der Waals surface area contributed by atoms with Gasteiger partial charge in [-0.3, -0.25) is 4.98 Å². The fraction of sp³-hybridized carbons (Fsp3) is 0.100. The van der Waals surface area contributed by atoms with E-state index in [9.17, 15) is 4.79 Å². The quantitative estimate of drug-likeness (QED) is 0.875. The van der Waals surface area contributed by atoms with E-state index < -0.39 is 5.97 Å². The Bertz CT molecular complexity index is 510. The molecule has 6 heteroatoms. The third-order valence-corrected chi connectivity index (χ3v) is 2.63. The molecule has 0 amide bonds. The van der Waals surface area contributed by atoms with Gasteiger partial charge in [0, 0.05) is 28.9 Å². The highest BCUT2D eigenvalue weighted by atomic mass is 79.9. The van der Waals surface area contributed by atoms with Crippen molar-refractivity contribution in [3.8, 4) is 11.3 Å². The number of halogens is 1. The van der Waals surface area contributed by atoms with E-state index in [1.165, 1.54) is 0 Å². The Morgan fingerprint density at radius 2 is 2.12 bits per heavy atom. The van der Waals surface area contributed by atoms with Gasteiger partial charge >= 0.3 is 5.97 Å². The molecule has 0 radical (unpaired) electrons. The lowest BCUT2D eigenvalue weighted by Gasteiger charge is -1.97. The molecule has 0 atom stereocenters. The molecular weight excluding hydrogens is 276 g/mol. The fourth-order valence-corrected chi connectivity index (χ4v) is 1.86. The Balaban J connectivity index is 2.54. The van der Waals surface area contributed by atoms with Gasteiger partial charge < -0.3 is 9.63 Å². The van der Waals surface area contributed by atoms with E-state index in [4.69, 9.17) is 9.63 Å². The first kappa shape index (κ1) is 10.8. The van der Waals surface area contributed by atoms with Crippen molar-refractivity contribution in [3.63, 3.8) is 0 Å². The van der Waals surface area contributed by atoms with Crippen LogP contribution in [0.2, 0.25) is 0 Å². The summed E-state index contributed by atoms with van der Waals surface area (Å²) in [5, 5.41) is 13.0. The smallest absolute Gasteiger partial charge is 0.375 e. The minimum absolute atomic E-state index is 0.135. The highest BCUT2D eigenvalue weighted by Crippen LogP contribution is 2.26. The molecule has 1 N–H and O–H groups in total. The standard InChI is InChI=1S/C10H7BrN2O3/c11-5-7-8(6-1-3-12-4-2-6)13-16-9(7)10(14)15/h1-4H,5H2,(H,14,15). The molecule has 0 aliphatic carbocycles. The topological polar surface area (TPSA) is 76.2 Å². The molecule has 2 aromatic rings. The molecular formula is C10H7BrN2O3. The minimum Gasteiger partial charge on any atom is -0.475 e. The lowest BCUT2D eigenvalue weighted by Crippen LogP contribution is -1.97. The Labute approximate surface area is 99.2 Å². The van der Waals surface area contributed by atoms with Crippen LogP contribution in [0.5, 0.6) is 0 Å². The summed E-state index contributed by atoms with van der Waals surface area (Å²) < 4.78 is 4.80. The zero-order valence-electron chi connectivity index (χ0n) is 8.05. The van der Waals surface area contributed by atoms with Crippen molar-refractivity contribution in [2.75, 3.05) is 0 Å². The van der Waals surface area contributed by atoms with Gasteiger partial charge in [-0.25, -0.2) is 4.79 Å². The van der Waals surface area contributed by atoms with Crippen LogP contribution in [0.3, 0.4) is 0 Å². The maximum Gasteiger partial charge on any atom is 0.375 e. The molecule has 82 valence electrons. The van der Waals surface area contributed by atoms with Gasteiger partial charge in [-0.15, -0.1) is 0 Å². The molecule has 0 aliphatic rings. The first-order valence-electron chi connectivity index (χ1n) is 4.42. The predicted octanol–water partition coefficient (Wildman–Crippen LogP) is 2.33. The number of carbonyl (C=O) groups is 1. The number of aromatic nitrogens is 2. The summed E-state index contributed by atoms with van der Waals surface area (Å²) >= 11 is 3.22. The van der Waals surface area contributed by atoms with Crippen LogP contribution >= 0.6 is 15.9 Å². The SMILES string of the molecule is O=C(O)c1onc(-c2ccncc2)c1CBr. The van der Waals surface area contributed by atoms with Crippen LogP contribution < -0.4 is 0 Å². The second-order valence-electron chi connectivity index (χ2n) is 3.01. The molecule has 0 unspecified atom stereocenters. The van der Waals surface area contributed by atoms with E-state index in [1.54, 1.807) is 24.5 Å². The van der Waals surface area contributed by atoms with Crippen LogP contribution in [0, 0.1) is 0 Å². The van der Waals surface area contributed by atoms with Crippen molar-refractivity contribution in [2.24, 2.45) is 0 Å². The van der Waals surface area contributed by atoms with Crippen LogP contribution in [0.25, 0.3) is 11.3 Å². The maximum atomic E-state index is 10.9. The van der Waals surface area contributed by atoms with E-state index in [2.05, 4.69) is 26.1 Å². The summed E-state index contributed by atoms with van der Waals surface area (Å²) in [4.78, 5) is 14.7. The van der Waals surface area contributed by atoms with Crippen LogP contribution in [-0.4, -0.2) is 21.2 Å². The zero-order valence-corrected chi connectivity index (χ0v) is 9.64. The average Bonchev–Trinajstić information content (AvgIpc) is 2.73. The van der Waals surface area contributed by atoms with Crippen molar-refractivity contribution in [3.05, 3.63) is 35.9 Å². The molecule has 0 aromatic carbocycles. The molecule has 0 bridgehead atoms. The summed E-state index contributed by atoms with van der Waals surface area (Å²) in [5.41, 5.74) is 1.83. The number of carboxylic acids is 1. The fourth-order valence-electron chi connectivity index (χ4n) is 1.34. The molecule has 5 nitrogen and oxygen atoms in total. The van der Waals surface area contributed by atoms with Gasteiger partial charge in [-0.05, 0) is 12.1 Å². The number of aromatic carboxylic acids is 1. The lowest BCUT2D eigenvalue weighted by atomic mass is 10.1. The Morgan fingerprint density at radius 1 is 1.44 bits per heavy atom. The normalized spacial score (nSPS) is 10.3. The third-order valence-electron chi connectivity index (χ3n) is 2.07. The van der Waals surface area contributed by atoms with E-state index >= 15 is 0 Å². The van der Waals surface area contributed by atoms with Gasteiger partial charge in [-0.2, -0.15) is 0 Å². The Morgan fingerprint density at radius 3 is 2.69 bits per heavy atom. The summed E-state index contributed by atoms with van der Waals surface area (Å²) in [6, 6.07) is 3.49. The van der Waals surface area contributed by atoms with Crippen molar-refractivity contribution < 1.29 is 14.4 Å². The molecule has 0 fully saturated rings. The number of pyridine rings is 1. The van der Waals surface area contributed by atoms with Gasteiger partial charge in [-0.1, -0.05) is 21.1 Å². The van der Waals surface area contributed by atoms with Crippen LogP contribution in [0.1, 0.15) is 16.1 Å². The van der Waals surface area contributed by atoms with Gasteiger partial charge in [0.15, 0.2) is 0 Å². The van der Waals surface area contributed by atoms with E-state index in [0.717, 1.165) is 5.56 Å². The summed E-state index contributed by atoms with van der Waals surface area (Å²) in [6.07, 6.45) is 3.23. The second kappa shape index (κ2) is 4.44. The molecule has 0 saturated heterocycles. The van der Waals surface area contributed by atoms with Crippen molar-refractivity contribution in [1.82, 2.24) is 10.1 Å². The summed E-state index contributed by atoms with van der Waals surface area (Å²) in [6.45, 7) is 0. The van der Waals surface area contributed by atoms with E-state index in [0.29, 0.717) is 16.6 Å². The number of nitrogens with zero attached hydrogens (tertiary/aromatic N) is 2. The van der Waals surface area contributed by atoms with Gasteiger partial charge in [0.25, 0.3) is 0 Å². The van der Waals surface area contributed by atoms with Crippen molar-refractivity contribution >= 4 is 21.9 Å². The molecule has 2 heterocycles. The molecule has 2 rings (SSSR count). The van der Waals surface area contributed by atoms with Crippen LogP contribution in [0.15, 0.2) is 29.0 Å². The molecule has 2 aromatic heterocycles.